The van der Waals surface area contributed by atoms with Gasteiger partial charge in [-0.2, -0.15) is 0 Å². The molecule has 0 saturated heterocycles. The van der Waals surface area contributed by atoms with Crippen LogP contribution in [0.15, 0.2) is 36.7 Å². The van der Waals surface area contributed by atoms with Crippen molar-refractivity contribution in [3.63, 3.8) is 0 Å². The van der Waals surface area contributed by atoms with Crippen LogP contribution in [0.3, 0.4) is 0 Å². The molecule has 0 spiro atoms. The van der Waals surface area contributed by atoms with Gasteiger partial charge in [0.25, 0.3) is 0 Å². The molecule has 1 aliphatic carbocycles. The van der Waals surface area contributed by atoms with Crippen LogP contribution in [0.2, 0.25) is 0 Å². The fraction of sp³-hybridized carbons (Fsp3) is 0.250. The van der Waals surface area contributed by atoms with Crippen LogP contribution in [0, 0.1) is 0 Å². The Morgan fingerprint density at radius 3 is 2.75 bits per heavy atom. The van der Waals surface area contributed by atoms with Gasteiger partial charge in [-0.25, -0.2) is 0 Å². The molecule has 20 heavy (non-hydrogen) atoms. The van der Waals surface area contributed by atoms with E-state index in [1.807, 2.05) is 18.2 Å². The molecule has 0 atom stereocenters. The number of hydrogen-bond acceptors (Lipinski definition) is 3. The topological polar surface area (TPSA) is 37.8 Å². The van der Waals surface area contributed by atoms with E-state index in [9.17, 15) is 0 Å². The van der Waals surface area contributed by atoms with E-state index in [0.717, 1.165) is 11.5 Å². The Bertz CT molecular complexity index is 749. The molecule has 0 unspecified atom stereocenters. The maximum absolute atomic E-state index is 4.52. The third-order valence-corrected chi connectivity index (χ3v) is 6.31. The summed E-state index contributed by atoms with van der Waals surface area (Å²) in [6, 6.07) is 10.3. The third-order valence-electron chi connectivity index (χ3n) is 3.79. The van der Waals surface area contributed by atoms with E-state index in [-0.39, 0.29) is 0 Å². The van der Waals surface area contributed by atoms with E-state index >= 15 is 0 Å². The van der Waals surface area contributed by atoms with E-state index < -0.39 is 0 Å². The van der Waals surface area contributed by atoms with E-state index in [1.54, 1.807) is 10.8 Å². The summed E-state index contributed by atoms with van der Waals surface area (Å²) < 4.78 is 2.91. The van der Waals surface area contributed by atoms with Crippen molar-refractivity contribution in [1.82, 2.24) is 9.97 Å². The number of benzene rings is 1. The zero-order valence-corrected chi connectivity index (χ0v) is 12.8. The molecule has 0 saturated carbocycles. The van der Waals surface area contributed by atoms with Crippen LogP contribution in [0.5, 0.6) is 0 Å². The molecule has 3 aromatic rings. The van der Waals surface area contributed by atoms with Gasteiger partial charge in [-0.15, -0.1) is 0 Å². The Balaban J connectivity index is 1.85. The Morgan fingerprint density at radius 1 is 1.00 bits per heavy atom. The van der Waals surface area contributed by atoms with Crippen LogP contribution in [0.25, 0.3) is 9.78 Å². The summed E-state index contributed by atoms with van der Waals surface area (Å²) in [5, 5.41) is 4.76. The first kappa shape index (κ1) is 12.1. The van der Waals surface area contributed by atoms with E-state index in [0.29, 0.717) is 14.5 Å². The average molecular weight is 328 g/mol. The molecular formula is C16H15N3Se. The van der Waals surface area contributed by atoms with Crippen molar-refractivity contribution < 1.29 is 0 Å². The van der Waals surface area contributed by atoms with Gasteiger partial charge < -0.3 is 0 Å². The van der Waals surface area contributed by atoms with Gasteiger partial charge in [0.2, 0.25) is 0 Å². The number of aryl methyl sites for hydroxylation is 2. The number of anilines is 2. The summed E-state index contributed by atoms with van der Waals surface area (Å²) in [6.07, 6.45) is 6.79. The number of hydrogen-bond donors (Lipinski definition) is 1. The molecule has 100 valence electrons. The molecule has 2 heterocycles. The molecule has 0 fully saturated rings. The summed E-state index contributed by atoms with van der Waals surface area (Å²) in [6.45, 7) is 0. The molecule has 1 aliphatic rings. The number of aromatic nitrogens is 2. The van der Waals surface area contributed by atoms with Crippen molar-refractivity contribution in [3.05, 3.63) is 46.7 Å². The number of para-hydroxylation sites is 1. The van der Waals surface area contributed by atoms with E-state index in [1.165, 1.54) is 41.0 Å². The minimum absolute atomic E-state index is 0.418. The molecule has 4 heteroatoms. The molecule has 0 radical (unpaired) electrons. The number of fused-ring (bicyclic) bond motifs is 3. The van der Waals surface area contributed by atoms with Gasteiger partial charge in [0.1, 0.15) is 0 Å². The molecule has 3 nitrogen and oxygen atoms in total. The predicted molar refractivity (Wildman–Crippen MR) is 82.8 cm³/mol. The standard InChI is InChI=1S/C16H15N3Se/c1-2-6-11(7-3-1)19-15-14-12-8-4-5-9-13(12)20-16(14)18-10-17-15/h1-3,6-7,10H,4-5,8-9H2,(H,17,18,19). The number of nitrogens with zero attached hydrogens (tertiary/aromatic N) is 2. The zero-order chi connectivity index (χ0) is 13.4. The minimum atomic E-state index is 0.418. The Kier molecular flexibility index (Phi) is 3.06. The van der Waals surface area contributed by atoms with Crippen LogP contribution in [-0.2, 0) is 12.8 Å². The molecule has 1 aromatic carbocycles. The fourth-order valence-electron chi connectivity index (χ4n) is 2.84. The van der Waals surface area contributed by atoms with Crippen molar-refractivity contribution in [2.24, 2.45) is 0 Å². The molecule has 4 rings (SSSR count). The summed E-state index contributed by atoms with van der Waals surface area (Å²) in [5.41, 5.74) is 2.62. The summed E-state index contributed by atoms with van der Waals surface area (Å²) in [5.74, 6) is 0.981. The van der Waals surface area contributed by atoms with Gasteiger partial charge >= 0.3 is 123 Å². The first-order valence-corrected chi connectivity index (χ1v) is 8.70. The van der Waals surface area contributed by atoms with Crippen molar-refractivity contribution in [2.45, 2.75) is 25.7 Å². The quantitative estimate of drug-likeness (QED) is 0.734. The molecular weight excluding hydrogens is 313 g/mol. The predicted octanol–water partition coefficient (Wildman–Crippen LogP) is 3.31. The Morgan fingerprint density at radius 2 is 1.85 bits per heavy atom. The molecule has 0 bridgehead atoms. The summed E-state index contributed by atoms with van der Waals surface area (Å²) in [7, 11) is 0. The van der Waals surface area contributed by atoms with Gasteiger partial charge in [0.15, 0.2) is 0 Å². The van der Waals surface area contributed by atoms with Gasteiger partial charge in [-0.05, 0) is 0 Å². The zero-order valence-electron chi connectivity index (χ0n) is 11.1. The van der Waals surface area contributed by atoms with Gasteiger partial charge in [-0.1, -0.05) is 0 Å². The first-order valence-electron chi connectivity index (χ1n) is 6.99. The maximum atomic E-state index is 4.52. The summed E-state index contributed by atoms with van der Waals surface area (Å²) >= 11 is 0.418. The van der Waals surface area contributed by atoms with Crippen LogP contribution < -0.4 is 5.32 Å². The number of rotatable bonds is 2. The second-order valence-corrected chi connectivity index (χ2v) is 7.38. The molecule has 0 aliphatic heterocycles. The van der Waals surface area contributed by atoms with Crippen molar-refractivity contribution in [3.8, 4) is 0 Å². The monoisotopic (exact) mass is 329 g/mol. The first-order chi connectivity index (χ1) is 9.92. The van der Waals surface area contributed by atoms with E-state index in [2.05, 4.69) is 27.4 Å². The van der Waals surface area contributed by atoms with Crippen LogP contribution in [-0.4, -0.2) is 24.5 Å². The molecule has 1 N–H and O–H groups in total. The third kappa shape index (κ3) is 2.05. The summed E-state index contributed by atoms with van der Waals surface area (Å²) in [4.78, 5) is 9.01. The van der Waals surface area contributed by atoms with Crippen LogP contribution in [0.4, 0.5) is 11.5 Å². The SMILES string of the molecule is c1ccc(Nc2ncnc3[se]c4c(c23)CCCC4)cc1. The second kappa shape index (κ2) is 5.04. The van der Waals surface area contributed by atoms with Gasteiger partial charge in [0, 0.05) is 0 Å². The van der Waals surface area contributed by atoms with Crippen molar-refractivity contribution >= 4 is 35.8 Å². The normalized spacial score (nSPS) is 14.2. The van der Waals surface area contributed by atoms with Crippen LogP contribution in [0.1, 0.15) is 22.8 Å². The van der Waals surface area contributed by atoms with Gasteiger partial charge in [-0.3, -0.25) is 0 Å². The second-order valence-electron chi connectivity index (χ2n) is 5.10. The molecule has 2 aromatic heterocycles. The van der Waals surface area contributed by atoms with Crippen molar-refractivity contribution in [1.29, 1.82) is 0 Å². The Labute approximate surface area is 123 Å². The van der Waals surface area contributed by atoms with Crippen LogP contribution >= 0.6 is 0 Å². The number of nitrogens with one attached hydrogen (secondary N) is 1. The molecule has 0 amide bonds. The van der Waals surface area contributed by atoms with Crippen molar-refractivity contribution in [2.75, 3.05) is 5.32 Å². The van der Waals surface area contributed by atoms with E-state index in [4.69, 9.17) is 0 Å². The fourth-order valence-corrected chi connectivity index (χ4v) is 5.42. The Hall–Kier alpha value is -1.64. The van der Waals surface area contributed by atoms with Gasteiger partial charge in [0.05, 0.1) is 0 Å². The average Bonchev–Trinajstić information content (AvgIpc) is 2.88.